The van der Waals surface area contributed by atoms with Gasteiger partial charge in [-0.1, -0.05) is 11.8 Å². The number of nitrogens with one attached hydrogen (secondary N) is 2. The summed E-state index contributed by atoms with van der Waals surface area (Å²) in [6, 6.07) is 5.61. The lowest BCUT2D eigenvalue weighted by molar-refractivity contribution is 0.0838. The normalized spacial score (nSPS) is 20.4. The summed E-state index contributed by atoms with van der Waals surface area (Å²) < 4.78 is 5.29. The van der Waals surface area contributed by atoms with Crippen LogP contribution in [0.5, 0.6) is 5.75 Å². The first-order valence-corrected chi connectivity index (χ1v) is 11.5. The van der Waals surface area contributed by atoms with E-state index in [1.54, 1.807) is 23.8 Å². The third-order valence-corrected chi connectivity index (χ3v) is 6.38. The van der Waals surface area contributed by atoms with Crippen LogP contribution < -0.4 is 15.4 Å². The van der Waals surface area contributed by atoms with Crippen molar-refractivity contribution >= 4 is 29.6 Å². The van der Waals surface area contributed by atoms with Crippen LogP contribution in [-0.2, 0) is 6.42 Å². The molecule has 0 aliphatic carbocycles. The van der Waals surface area contributed by atoms with Gasteiger partial charge in [0.05, 0.1) is 7.11 Å². The topological polar surface area (TPSA) is 78.3 Å². The zero-order chi connectivity index (χ0) is 23.2. The highest BCUT2D eigenvalue weighted by Gasteiger charge is 2.40. The average Bonchev–Trinajstić information content (AvgIpc) is 2.66. The molecule has 0 saturated carbocycles. The van der Waals surface area contributed by atoms with Crippen LogP contribution in [0.1, 0.15) is 56.5 Å². The number of hydrogen-bond acceptors (Lipinski definition) is 7. The Kier molecular flexibility index (Phi) is 8.68. The van der Waals surface area contributed by atoms with Crippen molar-refractivity contribution in [1.29, 1.82) is 0 Å². The number of piperidine rings is 1. The first-order valence-electron chi connectivity index (χ1n) is 10.6. The van der Waals surface area contributed by atoms with Crippen molar-refractivity contribution in [3.8, 4) is 5.75 Å². The predicted molar refractivity (Wildman–Crippen MR) is 132 cm³/mol. The minimum atomic E-state index is -0.0359. The average molecular weight is 448 g/mol. The Morgan fingerprint density at radius 3 is 2.42 bits per heavy atom. The van der Waals surface area contributed by atoms with E-state index in [1.807, 2.05) is 32.3 Å². The molecule has 3 rings (SSSR count). The Hall–Kier alpha value is -1.90. The SMILES string of the molecule is C=N/N=C(\SC1CC(C)(C)NC(C)(C)C1)N1CCc2cc(OC)ccc2C1=O.CNC. The van der Waals surface area contributed by atoms with Gasteiger partial charge in [-0.15, -0.1) is 5.10 Å². The molecule has 1 saturated heterocycles. The second-order valence-electron chi connectivity index (χ2n) is 9.29. The molecule has 0 radical (unpaired) electrons. The van der Waals surface area contributed by atoms with E-state index in [0.717, 1.165) is 30.6 Å². The molecule has 1 aromatic carbocycles. The molecule has 2 aliphatic rings. The molecule has 31 heavy (non-hydrogen) atoms. The van der Waals surface area contributed by atoms with Gasteiger partial charge in [0.1, 0.15) is 5.75 Å². The zero-order valence-corrected chi connectivity index (χ0v) is 20.7. The number of amides is 1. The minimum absolute atomic E-state index is 0.0290. The van der Waals surface area contributed by atoms with Crippen molar-refractivity contribution in [2.75, 3.05) is 27.7 Å². The summed E-state index contributed by atoms with van der Waals surface area (Å²) in [6.45, 7) is 13.0. The van der Waals surface area contributed by atoms with E-state index in [0.29, 0.717) is 22.5 Å². The molecular formula is C23H37N5O2S. The quantitative estimate of drug-likeness (QED) is 0.421. The molecule has 7 nitrogen and oxygen atoms in total. The van der Waals surface area contributed by atoms with E-state index in [4.69, 9.17) is 4.74 Å². The molecule has 0 atom stereocenters. The molecule has 0 aromatic heterocycles. The highest BCUT2D eigenvalue weighted by atomic mass is 32.2. The summed E-state index contributed by atoms with van der Waals surface area (Å²) in [4.78, 5) is 14.9. The maximum atomic E-state index is 13.1. The highest BCUT2D eigenvalue weighted by molar-refractivity contribution is 8.14. The Morgan fingerprint density at radius 1 is 1.26 bits per heavy atom. The molecule has 8 heteroatoms. The summed E-state index contributed by atoms with van der Waals surface area (Å²) in [7, 11) is 5.39. The van der Waals surface area contributed by atoms with Gasteiger partial charge in [-0.25, -0.2) is 0 Å². The number of nitrogens with zero attached hydrogens (tertiary/aromatic N) is 3. The van der Waals surface area contributed by atoms with Crippen molar-refractivity contribution in [2.45, 2.75) is 63.3 Å². The van der Waals surface area contributed by atoms with E-state index in [2.05, 4.69) is 55.2 Å². The first kappa shape index (κ1) is 25.4. The van der Waals surface area contributed by atoms with Crippen LogP contribution in [0.25, 0.3) is 0 Å². The van der Waals surface area contributed by atoms with Crippen LogP contribution in [0.4, 0.5) is 0 Å². The summed E-state index contributed by atoms with van der Waals surface area (Å²) in [6.07, 6.45) is 2.75. The molecule has 2 heterocycles. The van der Waals surface area contributed by atoms with Crippen molar-refractivity contribution in [3.05, 3.63) is 29.3 Å². The van der Waals surface area contributed by atoms with Crippen molar-refractivity contribution in [2.24, 2.45) is 10.2 Å². The number of methoxy groups -OCH3 is 1. The molecule has 2 aliphatic heterocycles. The third kappa shape index (κ3) is 6.79. The Balaban J connectivity index is 0.00000107. The zero-order valence-electron chi connectivity index (χ0n) is 19.9. The van der Waals surface area contributed by atoms with Gasteiger partial charge >= 0.3 is 0 Å². The van der Waals surface area contributed by atoms with E-state index in [1.165, 1.54) is 0 Å². The monoisotopic (exact) mass is 447 g/mol. The first-order chi connectivity index (χ1) is 14.6. The van der Waals surface area contributed by atoms with Crippen LogP contribution in [-0.4, -0.2) is 66.8 Å². The smallest absolute Gasteiger partial charge is 0.260 e. The van der Waals surface area contributed by atoms with Gasteiger partial charge in [0.2, 0.25) is 0 Å². The number of amidine groups is 1. The Bertz CT molecular complexity index is 806. The van der Waals surface area contributed by atoms with Crippen LogP contribution >= 0.6 is 11.8 Å². The minimum Gasteiger partial charge on any atom is -0.497 e. The van der Waals surface area contributed by atoms with Gasteiger partial charge in [-0.05, 0) is 84.8 Å². The van der Waals surface area contributed by atoms with E-state index >= 15 is 0 Å². The molecule has 172 valence electrons. The Morgan fingerprint density at radius 2 is 1.87 bits per heavy atom. The van der Waals surface area contributed by atoms with Crippen LogP contribution in [0.3, 0.4) is 0 Å². The van der Waals surface area contributed by atoms with E-state index in [-0.39, 0.29) is 17.0 Å². The fraction of sp³-hybridized carbons (Fsp3) is 0.609. The van der Waals surface area contributed by atoms with Gasteiger partial charge in [0.25, 0.3) is 5.91 Å². The van der Waals surface area contributed by atoms with E-state index < -0.39 is 0 Å². The summed E-state index contributed by atoms with van der Waals surface area (Å²) in [5.74, 6) is 0.737. The number of benzene rings is 1. The molecular weight excluding hydrogens is 410 g/mol. The molecule has 1 fully saturated rings. The largest absolute Gasteiger partial charge is 0.497 e. The summed E-state index contributed by atoms with van der Waals surface area (Å²) >= 11 is 1.64. The maximum absolute atomic E-state index is 13.1. The maximum Gasteiger partial charge on any atom is 0.260 e. The molecule has 0 bridgehead atoms. The van der Waals surface area contributed by atoms with Crippen LogP contribution in [0.2, 0.25) is 0 Å². The van der Waals surface area contributed by atoms with Gasteiger partial charge in [0.15, 0.2) is 5.17 Å². The Labute approximate surface area is 191 Å². The van der Waals surface area contributed by atoms with Crippen LogP contribution in [0, 0.1) is 0 Å². The second-order valence-corrected chi connectivity index (χ2v) is 10.6. The van der Waals surface area contributed by atoms with Crippen molar-refractivity contribution in [3.63, 3.8) is 0 Å². The fourth-order valence-electron chi connectivity index (χ4n) is 4.44. The van der Waals surface area contributed by atoms with Crippen molar-refractivity contribution in [1.82, 2.24) is 15.5 Å². The van der Waals surface area contributed by atoms with E-state index in [9.17, 15) is 4.79 Å². The molecule has 0 unspecified atom stereocenters. The standard InChI is InChI=1S/C21H30N4O2S.C2H7N/c1-20(2)12-16(13-21(3,4)24-20)28-19(23-22-5)25-10-9-14-11-15(27-6)7-8-17(14)18(25)26;1-3-2/h7-8,11,16,24H,5,9-10,12-13H2,1-4,6H3;3H,1-2H3/b23-19-;. The van der Waals surface area contributed by atoms with Crippen LogP contribution in [0.15, 0.2) is 28.4 Å². The number of rotatable bonds is 3. The van der Waals surface area contributed by atoms with Gasteiger partial charge in [-0.2, -0.15) is 5.10 Å². The predicted octanol–water partition coefficient (Wildman–Crippen LogP) is 3.54. The lowest BCUT2D eigenvalue weighted by atomic mass is 9.82. The van der Waals surface area contributed by atoms with Crippen molar-refractivity contribution < 1.29 is 9.53 Å². The number of ether oxygens (including phenoxy) is 1. The van der Waals surface area contributed by atoms with Gasteiger partial charge in [-0.3, -0.25) is 9.69 Å². The number of fused-ring (bicyclic) bond motifs is 1. The summed E-state index contributed by atoms with van der Waals surface area (Å²) in [5.41, 5.74) is 1.78. The van der Waals surface area contributed by atoms with Gasteiger partial charge < -0.3 is 15.4 Å². The lowest BCUT2D eigenvalue weighted by Gasteiger charge is -2.46. The number of carbonyl (C=O) groups excluding carboxylic acids is 1. The number of carbonyl (C=O) groups is 1. The fourth-order valence-corrected chi connectivity index (χ4v) is 6.14. The van der Waals surface area contributed by atoms with Gasteiger partial charge in [0, 0.05) is 35.2 Å². The highest BCUT2D eigenvalue weighted by Crippen LogP contribution is 2.37. The molecule has 2 N–H and O–H groups in total. The number of hydrogen-bond donors (Lipinski definition) is 2. The number of thioether (sulfide) groups is 1. The lowest BCUT2D eigenvalue weighted by Crippen LogP contribution is -2.59. The summed E-state index contributed by atoms with van der Waals surface area (Å²) in [5, 5.41) is 15.4. The molecule has 1 amide bonds. The molecule has 0 spiro atoms. The second kappa shape index (κ2) is 10.6. The molecule has 1 aromatic rings. The third-order valence-electron chi connectivity index (χ3n) is 5.20.